The minimum atomic E-state index is -0.0223. The Morgan fingerprint density at radius 2 is 2.00 bits per heavy atom. The van der Waals surface area contributed by atoms with Crippen molar-refractivity contribution in [2.45, 2.75) is 32.7 Å². The van der Waals surface area contributed by atoms with E-state index in [0.717, 1.165) is 22.6 Å². The van der Waals surface area contributed by atoms with Crippen LogP contribution >= 0.6 is 11.6 Å². The van der Waals surface area contributed by atoms with Crippen molar-refractivity contribution >= 4 is 23.2 Å². The lowest BCUT2D eigenvalue weighted by Gasteiger charge is -2.04. The second-order valence-corrected chi connectivity index (χ2v) is 6.69. The number of halogens is 1. The molecule has 0 aliphatic heterocycles. The molecule has 130 valence electrons. The molecule has 0 saturated heterocycles. The molecule has 0 unspecified atom stereocenters. The molecule has 3 rings (SSSR count). The van der Waals surface area contributed by atoms with Crippen molar-refractivity contribution in [2.75, 3.05) is 5.32 Å². The smallest absolute Gasteiger partial charge is 0.224 e. The van der Waals surface area contributed by atoms with Crippen molar-refractivity contribution in [3.63, 3.8) is 0 Å². The maximum atomic E-state index is 12.1. The number of carbonyl (C=O) groups is 1. The monoisotopic (exact) mass is 356 g/mol. The molecule has 2 heterocycles. The number of hydrogen-bond donors (Lipinski definition) is 2. The van der Waals surface area contributed by atoms with Crippen molar-refractivity contribution in [1.82, 2.24) is 14.8 Å². The summed E-state index contributed by atoms with van der Waals surface area (Å²) in [5, 5.41) is 7.81. The van der Waals surface area contributed by atoms with E-state index in [4.69, 9.17) is 11.6 Å². The van der Waals surface area contributed by atoms with Gasteiger partial charge in [0.1, 0.15) is 0 Å². The van der Waals surface area contributed by atoms with Crippen molar-refractivity contribution < 1.29 is 4.79 Å². The highest BCUT2D eigenvalue weighted by Gasteiger charge is 2.08. The van der Waals surface area contributed by atoms with Gasteiger partial charge >= 0.3 is 0 Å². The lowest BCUT2D eigenvalue weighted by molar-refractivity contribution is -0.116. The van der Waals surface area contributed by atoms with Gasteiger partial charge in [0, 0.05) is 35.1 Å². The molecular weight excluding hydrogens is 336 g/mol. The molecule has 2 aromatic heterocycles. The minimum Gasteiger partial charge on any atom is -0.358 e. The molecule has 0 fully saturated rings. The average molecular weight is 357 g/mol. The van der Waals surface area contributed by atoms with Crippen molar-refractivity contribution in [1.29, 1.82) is 0 Å². The number of H-pyrrole nitrogens is 1. The van der Waals surface area contributed by atoms with Crippen LogP contribution < -0.4 is 5.32 Å². The molecule has 6 heteroatoms. The lowest BCUT2D eigenvalue weighted by Crippen LogP contribution is -2.12. The summed E-state index contributed by atoms with van der Waals surface area (Å²) >= 11 is 5.91. The van der Waals surface area contributed by atoms with Gasteiger partial charge in [0.2, 0.25) is 5.91 Å². The third-order valence-corrected chi connectivity index (χ3v) is 4.19. The zero-order valence-corrected chi connectivity index (χ0v) is 15.0. The highest BCUT2D eigenvalue weighted by atomic mass is 35.5. The fraction of sp³-hybridized carbons (Fsp3) is 0.263. The third-order valence-electron chi connectivity index (χ3n) is 3.94. The first-order valence-electron chi connectivity index (χ1n) is 8.29. The molecule has 5 nitrogen and oxygen atoms in total. The number of aromatic nitrogens is 3. The minimum absolute atomic E-state index is 0.0223. The number of hydrogen-bond acceptors (Lipinski definition) is 2. The molecule has 0 aliphatic rings. The zero-order chi connectivity index (χ0) is 17.8. The van der Waals surface area contributed by atoms with E-state index in [1.54, 1.807) is 6.20 Å². The van der Waals surface area contributed by atoms with Gasteiger partial charge in [-0.3, -0.25) is 9.48 Å². The van der Waals surface area contributed by atoms with Gasteiger partial charge in [-0.1, -0.05) is 23.7 Å². The number of rotatable bonds is 6. The van der Waals surface area contributed by atoms with Gasteiger partial charge in [-0.25, -0.2) is 0 Å². The maximum absolute atomic E-state index is 12.1. The molecule has 2 N–H and O–H groups in total. The van der Waals surface area contributed by atoms with Crippen LogP contribution in [0.15, 0.2) is 48.8 Å². The molecule has 0 bridgehead atoms. The SMILES string of the molecule is CC(C)n1cc(NC(=O)CCc2ccc(-c3ccc(Cl)cc3)[nH]2)cn1. The van der Waals surface area contributed by atoms with E-state index in [0.29, 0.717) is 17.9 Å². The highest BCUT2D eigenvalue weighted by Crippen LogP contribution is 2.21. The Balaban J connectivity index is 1.54. The predicted molar refractivity (Wildman–Crippen MR) is 101 cm³/mol. The lowest BCUT2D eigenvalue weighted by atomic mass is 10.2. The second-order valence-electron chi connectivity index (χ2n) is 6.26. The van der Waals surface area contributed by atoms with Crippen LogP contribution in [0.25, 0.3) is 11.3 Å². The van der Waals surface area contributed by atoms with Crippen LogP contribution in [0.2, 0.25) is 5.02 Å². The van der Waals surface area contributed by atoms with Crippen LogP contribution in [0.3, 0.4) is 0 Å². The van der Waals surface area contributed by atoms with E-state index in [-0.39, 0.29) is 11.9 Å². The van der Waals surface area contributed by atoms with Crippen LogP contribution in [0, 0.1) is 0 Å². The summed E-state index contributed by atoms with van der Waals surface area (Å²) in [6.45, 7) is 4.09. The standard InChI is InChI=1S/C19H21ClN4O/c1-13(2)24-12-17(11-21-24)23-19(25)10-8-16-7-9-18(22-16)14-3-5-15(20)6-4-14/h3-7,9,11-13,22H,8,10H2,1-2H3,(H,23,25). The molecule has 0 atom stereocenters. The van der Waals surface area contributed by atoms with E-state index in [1.807, 2.05) is 61.1 Å². The molecule has 25 heavy (non-hydrogen) atoms. The normalized spacial score (nSPS) is 11.0. The van der Waals surface area contributed by atoms with Crippen molar-refractivity contribution in [3.8, 4) is 11.3 Å². The fourth-order valence-electron chi connectivity index (χ4n) is 2.54. The van der Waals surface area contributed by atoms with Gasteiger partial charge in [0.15, 0.2) is 0 Å². The number of nitrogens with one attached hydrogen (secondary N) is 2. The summed E-state index contributed by atoms with van der Waals surface area (Å²) in [7, 11) is 0. The summed E-state index contributed by atoms with van der Waals surface area (Å²) in [5.74, 6) is -0.0223. The van der Waals surface area contributed by atoms with Crippen LogP contribution in [0.5, 0.6) is 0 Å². The Labute approximate surface area is 152 Å². The summed E-state index contributed by atoms with van der Waals surface area (Å²) < 4.78 is 1.82. The Hall–Kier alpha value is -2.53. The number of amides is 1. The van der Waals surface area contributed by atoms with Gasteiger partial charge < -0.3 is 10.3 Å². The van der Waals surface area contributed by atoms with Gasteiger partial charge in [-0.05, 0) is 50.1 Å². The number of carbonyl (C=O) groups excluding carboxylic acids is 1. The Bertz CT molecular complexity index is 848. The summed E-state index contributed by atoms with van der Waals surface area (Å²) in [5.41, 5.74) is 3.84. The Morgan fingerprint density at radius 1 is 1.24 bits per heavy atom. The summed E-state index contributed by atoms with van der Waals surface area (Å²) in [4.78, 5) is 15.5. The van der Waals surface area contributed by atoms with Crippen LogP contribution in [0.1, 0.15) is 32.0 Å². The fourth-order valence-corrected chi connectivity index (χ4v) is 2.67. The first kappa shape index (κ1) is 17.3. The zero-order valence-electron chi connectivity index (χ0n) is 14.3. The molecule has 0 radical (unpaired) electrons. The van der Waals surface area contributed by atoms with E-state index < -0.39 is 0 Å². The Kier molecular flexibility index (Phi) is 5.24. The molecular formula is C19H21ClN4O. The Morgan fingerprint density at radius 3 is 2.68 bits per heavy atom. The van der Waals surface area contributed by atoms with Gasteiger partial charge in [-0.15, -0.1) is 0 Å². The molecule has 1 amide bonds. The molecule has 1 aromatic carbocycles. The van der Waals surface area contributed by atoms with Gasteiger partial charge in [-0.2, -0.15) is 5.10 Å². The molecule has 0 saturated carbocycles. The largest absolute Gasteiger partial charge is 0.358 e. The number of aromatic amines is 1. The maximum Gasteiger partial charge on any atom is 0.224 e. The number of anilines is 1. The van der Waals surface area contributed by atoms with Crippen LogP contribution in [-0.2, 0) is 11.2 Å². The van der Waals surface area contributed by atoms with E-state index >= 15 is 0 Å². The van der Waals surface area contributed by atoms with Gasteiger partial charge in [0.25, 0.3) is 0 Å². The average Bonchev–Trinajstić information content (AvgIpc) is 3.23. The topological polar surface area (TPSA) is 62.7 Å². The highest BCUT2D eigenvalue weighted by molar-refractivity contribution is 6.30. The van der Waals surface area contributed by atoms with E-state index in [2.05, 4.69) is 15.4 Å². The summed E-state index contributed by atoms with van der Waals surface area (Å²) in [6.07, 6.45) is 4.58. The first-order valence-corrected chi connectivity index (χ1v) is 8.67. The number of nitrogens with zero attached hydrogens (tertiary/aromatic N) is 2. The van der Waals surface area contributed by atoms with Gasteiger partial charge in [0.05, 0.1) is 11.9 Å². The quantitative estimate of drug-likeness (QED) is 0.673. The van der Waals surface area contributed by atoms with E-state index in [9.17, 15) is 4.79 Å². The molecule has 0 spiro atoms. The second kappa shape index (κ2) is 7.57. The van der Waals surface area contributed by atoms with Crippen LogP contribution in [-0.4, -0.2) is 20.7 Å². The van der Waals surface area contributed by atoms with Crippen LogP contribution in [0.4, 0.5) is 5.69 Å². The number of aryl methyl sites for hydroxylation is 1. The molecule has 0 aliphatic carbocycles. The van der Waals surface area contributed by atoms with Crippen molar-refractivity contribution in [2.24, 2.45) is 0 Å². The summed E-state index contributed by atoms with van der Waals surface area (Å²) in [6, 6.07) is 12.0. The van der Waals surface area contributed by atoms with E-state index in [1.165, 1.54) is 0 Å². The number of benzene rings is 1. The third kappa shape index (κ3) is 4.51. The predicted octanol–water partition coefficient (Wildman–Crippen LogP) is 4.68. The molecule has 3 aromatic rings. The first-order chi connectivity index (χ1) is 12.0. The van der Waals surface area contributed by atoms with Crippen molar-refractivity contribution in [3.05, 3.63) is 59.5 Å².